The summed E-state index contributed by atoms with van der Waals surface area (Å²) in [4.78, 5) is 11.3. The van der Waals surface area contributed by atoms with Gasteiger partial charge in [0.1, 0.15) is 17.5 Å². The highest BCUT2D eigenvalue weighted by molar-refractivity contribution is 5.47. The van der Waals surface area contributed by atoms with Gasteiger partial charge in [0, 0.05) is 38.7 Å². The summed E-state index contributed by atoms with van der Waals surface area (Å²) in [6.07, 6.45) is 3.56. The van der Waals surface area contributed by atoms with E-state index >= 15 is 0 Å². The van der Waals surface area contributed by atoms with Gasteiger partial charge in [-0.05, 0) is 19.9 Å². The maximum Gasteiger partial charge on any atom is 0.132 e. The third-order valence-corrected chi connectivity index (χ3v) is 3.29. The molecule has 2 rings (SSSR count). The fourth-order valence-electron chi connectivity index (χ4n) is 1.93. The number of aromatic nitrogens is 2. The summed E-state index contributed by atoms with van der Waals surface area (Å²) in [5.41, 5.74) is 0. The molecule has 0 radical (unpaired) electrons. The summed E-state index contributed by atoms with van der Waals surface area (Å²) < 4.78 is 0. The Balaban J connectivity index is 1.87. The molecule has 1 heterocycles. The van der Waals surface area contributed by atoms with E-state index in [0.29, 0.717) is 0 Å². The molecule has 18 heavy (non-hydrogen) atoms. The molecule has 1 aromatic rings. The summed E-state index contributed by atoms with van der Waals surface area (Å²) in [6, 6.07) is 2.77. The van der Waals surface area contributed by atoms with Crippen LogP contribution >= 0.6 is 0 Å². The van der Waals surface area contributed by atoms with E-state index in [1.807, 2.05) is 13.1 Å². The molecule has 5 nitrogen and oxygen atoms in total. The van der Waals surface area contributed by atoms with Gasteiger partial charge in [0.25, 0.3) is 0 Å². The predicted molar refractivity (Wildman–Crippen MR) is 75.1 cm³/mol. The van der Waals surface area contributed by atoms with E-state index in [2.05, 4.69) is 39.5 Å². The Morgan fingerprint density at radius 3 is 2.67 bits per heavy atom. The molecule has 0 saturated heterocycles. The zero-order valence-electron chi connectivity index (χ0n) is 11.5. The second-order valence-corrected chi connectivity index (χ2v) is 4.80. The van der Waals surface area contributed by atoms with Crippen molar-refractivity contribution in [2.75, 3.05) is 37.8 Å². The van der Waals surface area contributed by atoms with E-state index < -0.39 is 0 Å². The van der Waals surface area contributed by atoms with Crippen molar-refractivity contribution >= 4 is 11.6 Å². The monoisotopic (exact) mass is 249 g/mol. The van der Waals surface area contributed by atoms with Crippen molar-refractivity contribution in [3.05, 3.63) is 11.9 Å². The van der Waals surface area contributed by atoms with Crippen LogP contribution in [0.4, 0.5) is 11.6 Å². The zero-order valence-corrected chi connectivity index (χ0v) is 11.5. The van der Waals surface area contributed by atoms with Crippen molar-refractivity contribution < 1.29 is 0 Å². The van der Waals surface area contributed by atoms with Crippen LogP contribution in [0.5, 0.6) is 0 Å². The predicted octanol–water partition coefficient (Wildman–Crippen LogP) is 1.59. The Hall–Kier alpha value is -1.36. The van der Waals surface area contributed by atoms with Gasteiger partial charge in [-0.2, -0.15) is 0 Å². The highest BCUT2D eigenvalue weighted by Gasteiger charge is 2.25. The highest BCUT2D eigenvalue weighted by atomic mass is 15.2. The summed E-state index contributed by atoms with van der Waals surface area (Å²) in [6.45, 7) is 4.06. The standard InChI is InChI=1S/C13H23N5/c1-4-11-16-12(14-2)9-13(17-11)15-7-8-18(3)10-5-6-10/h9-10H,4-8H2,1-3H3,(H2,14,15,16,17). The van der Waals surface area contributed by atoms with E-state index in [-0.39, 0.29) is 0 Å². The second kappa shape index (κ2) is 6.00. The van der Waals surface area contributed by atoms with Crippen LogP contribution in [0.25, 0.3) is 0 Å². The van der Waals surface area contributed by atoms with Crippen molar-refractivity contribution in [3.63, 3.8) is 0 Å². The Labute approximate surface area is 109 Å². The first-order chi connectivity index (χ1) is 8.72. The lowest BCUT2D eigenvalue weighted by atomic mass is 10.4. The summed E-state index contributed by atoms with van der Waals surface area (Å²) >= 11 is 0. The van der Waals surface area contributed by atoms with Crippen LogP contribution in [0, 0.1) is 0 Å². The first-order valence-corrected chi connectivity index (χ1v) is 6.72. The average Bonchev–Trinajstić information content (AvgIpc) is 3.22. The second-order valence-electron chi connectivity index (χ2n) is 4.80. The lowest BCUT2D eigenvalue weighted by molar-refractivity contribution is 0.337. The Bertz CT molecular complexity index is 367. The molecular weight excluding hydrogens is 226 g/mol. The largest absolute Gasteiger partial charge is 0.373 e. The zero-order chi connectivity index (χ0) is 13.0. The van der Waals surface area contributed by atoms with Crippen LogP contribution in [0.1, 0.15) is 25.6 Å². The molecule has 1 aromatic heterocycles. The summed E-state index contributed by atoms with van der Waals surface area (Å²) in [5.74, 6) is 2.66. The molecule has 2 N–H and O–H groups in total. The third kappa shape index (κ3) is 3.57. The first kappa shape index (κ1) is 13.1. The SMILES string of the molecule is CCc1nc(NC)cc(NCCN(C)C2CC2)n1. The highest BCUT2D eigenvalue weighted by Crippen LogP contribution is 2.24. The van der Waals surface area contributed by atoms with Gasteiger partial charge in [0.15, 0.2) is 0 Å². The van der Waals surface area contributed by atoms with Gasteiger partial charge < -0.3 is 15.5 Å². The normalized spacial score (nSPS) is 14.9. The van der Waals surface area contributed by atoms with Crippen molar-refractivity contribution in [2.45, 2.75) is 32.2 Å². The minimum atomic E-state index is 0.816. The van der Waals surface area contributed by atoms with Gasteiger partial charge in [-0.15, -0.1) is 0 Å². The van der Waals surface area contributed by atoms with Crippen LogP contribution in [-0.4, -0.2) is 48.1 Å². The molecule has 100 valence electrons. The summed E-state index contributed by atoms with van der Waals surface area (Å²) in [7, 11) is 4.07. The molecule has 0 aliphatic heterocycles. The van der Waals surface area contributed by atoms with Crippen molar-refractivity contribution in [1.29, 1.82) is 0 Å². The van der Waals surface area contributed by atoms with Gasteiger partial charge in [-0.1, -0.05) is 6.92 Å². The van der Waals surface area contributed by atoms with Crippen LogP contribution in [0.3, 0.4) is 0 Å². The molecule has 1 fully saturated rings. The van der Waals surface area contributed by atoms with Crippen molar-refractivity contribution in [1.82, 2.24) is 14.9 Å². The molecule has 0 amide bonds. The number of nitrogens with zero attached hydrogens (tertiary/aromatic N) is 3. The van der Waals surface area contributed by atoms with E-state index in [4.69, 9.17) is 0 Å². The number of aryl methyl sites for hydroxylation is 1. The number of hydrogen-bond donors (Lipinski definition) is 2. The van der Waals surface area contributed by atoms with Crippen molar-refractivity contribution in [2.24, 2.45) is 0 Å². The number of hydrogen-bond acceptors (Lipinski definition) is 5. The fraction of sp³-hybridized carbons (Fsp3) is 0.692. The molecule has 0 atom stereocenters. The molecule has 1 aliphatic carbocycles. The van der Waals surface area contributed by atoms with Crippen LogP contribution in [0.15, 0.2) is 6.07 Å². The maximum atomic E-state index is 4.48. The lowest BCUT2D eigenvalue weighted by Crippen LogP contribution is -2.27. The topological polar surface area (TPSA) is 53.1 Å². The van der Waals surface area contributed by atoms with Gasteiger partial charge in [-0.3, -0.25) is 0 Å². The summed E-state index contributed by atoms with van der Waals surface area (Å²) in [5, 5.41) is 6.44. The van der Waals surface area contributed by atoms with Crippen LogP contribution in [0.2, 0.25) is 0 Å². The molecule has 0 unspecified atom stereocenters. The molecule has 0 spiro atoms. The van der Waals surface area contributed by atoms with E-state index in [1.54, 1.807) is 0 Å². The molecule has 0 bridgehead atoms. The number of rotatable bonds is 7. The quantitative estimate of drug-likeness (QED) is 0.768. The molecule has 1 saturated carbocycles. The van der Waals surface area contributed by atoms with Gasteiger partial charge in [0.2, 0.25) is 0 Å². The first-order valence-electron chi connectivity index (χ1n) is 6.72. The van der Waals surface area contributed by atoms with Crippen molar-refractivity contribution in [3.8, 4) is 0 Å². The molecular formula is C13H23N5. The van der Waals surface area contributed by atoms with E-state index in [1.165, 1.54) is 12.8 Å². The minimum Gasteiger partial charge on any atom is -0.373 e. The van der Waals surface area contributed by atoms with Gasteiger partial charge >= 0.3 is 0 Å². The van der Waals surface area contributed by atoms with Crippen LogP contribution in [-0.2, 0) is 6.42 Å². The van der Waals surface area contributed by atoms with E-state index in [9.17, 15) is 0 Å². The molecule has 5 heteroatoms. The fourth-order valence-corrected chi connectivity index (χ4v) is 1.93. The Morgan fingerprint density at radius 1 is 1.33 bits per heavy atom. The van der Waals surface area contributed by atoms with Crippen LogP contribution < -0.4 is 10.6 Å². The average molecular weight is 249 g/mol. The van der Waals surface area contributed by atoms with Gasteiger partial charge in [0.05, 0.1) is 0 Å². The third-order valence-electron chi connectivity index (χ3n) is 3.29. The lowest BCUT2D eigenvalue weighted by Gasteiger charge is -2.16. The molecule has 1 aliphatic rings. The number of likely N-dealkylation sites (N-methyl/N-ethyl adjacent to an activating group) is 1. The Morgan fingerprint density at radius 2 is 2.06 bits per heavy atom. The minimum absolute atomic E-state index is 0.816. The smallest absolute Gasteiger partial charge is 0.132 e. The Kier molecular flexibility index (Phi) is 4.36. The molecule has 0 aromatic carbocycles. The van der Waals surface area contributed by atoms with Gasteiger partial charge in [-0.25, -0.2) is 9.97 Å². The number of nitrogens with one attached hydrogen (secondary N) is 2. The van der Waals surface area contributed by atoms with E-state index in [0.717, 1.165) is 43.0 Å². The maximum absolute atomic E-state index is 4.48. The number of anilines is 2.